The molecule has 0 unspecified atom stereocenters. The van der Waals surface area contributed by atoms with Crippen LogP contribution >= 0.6 is 22.7 Å². The summed E-state index contributed by atoms with van der Waals surface area (Å²) in [4.78, 5) is 0. The van der Waals surface area contributed by atoms with E-state index in [1.807, 2.05) is 22.7 Å². The van der Waals surface area contributed by atoms with Gasteiger partial charge in [-0.2, -0.15) is 0 Å². The summed E-state index contributed by atoms with van der Waals surface area (Å²) in [5.41, 5.74) is 16.8. The lowest BCUT2D eigenvalue weighted by molar-refractivity contribution is 0.487. The second-order valence-electron chi connectivity index (χ2n) is 21.8. The van der Waals surface area contributed by atoms with Crippen LogP contribution in [0, 0.1) is 0 Å². The van der Waals surface area contributed by atoms with E-state index in [-0.39, 0.29) is 20.1 Å². The lowest BCUT2D eigenvalue weighted by Crippen LogP contribution is -2.54. The van der Waals surface area contributed by atoms with Gasteiger partial charge in [-0.3, -0.25) is 0 Å². The minimum atomic E-state index is -0.0269. The van der Waals surface area contributed by atoms with Gasteiger partial charge >= 0.3 is 0 Å². The summed E-state index contributed by atoms with van der Waals surface area (Å²) in [6, 6.07) is 93.3. The third-order valence-electron chi connectivity index (χ3n) is 17.4. The van der Waals surface area contributed by atoms with Crippen LogP contribution in [-0.2, 0) is 0 Å². The van der Waals surface area contributed by atoms with Crippen LogP contribution in [0.25, 0.3) is 79.0 Å². The Balaban J connectivity index is 0.713. The topological polar surface area (TPSA) is 32.6 Å². The summed E-state index contributed by atoms with van der Waals surface area (Å²) < 4.78 is 27.1. The highest BCUT2D eigenvalue weighted by Gasteiger charge is 2.36. The number of hydrogen-bond acceptors (Lipinski definition) is 5. The lowest BCUT2D eigenvalue weighted by Gasteiger charge is -2.27. The van der Waals surface area contributed by atoms with Crippen molar-refractivity contribution in [2.45, 2.75) is 0 Å². The molecule has 4 nitrogen and oxygen atoms in total. The molecule has 0 radical (unpaired) electrons. The third kappa shape index (κ3) is 6.92. The van der Waals surface area contributed by atoms with Crippen molar-refractivity contribution in [2.24, 2.45) is 0 Å². The van der Waals surface area contributed by atoms with E-state index in [1.54, 1.807) is 0 Å². The Morgan fingerprint density at radius 3 is 1.20 bits per heavy atom. The predicted molar refractivity (Wildman–Crippen MR) is 345 cm³/mol. The van der Waals surface area contributed by atoms with Gasteiger partial charge in [-0.15, -0.1) is 22.7 Å². The molecule has 374 valence electrons. The summed E-state index contributed by atoms with van der Waals surface area (Å²) >= 11 is 3.75. The standard InChI is InChI=1S/C72H42B3NO3S2/c1-7-19-61-49(13-1)53-37-43(25-34-62(53)76(61)48-30-36-69-54(42-48)52-33-29-46(40-72(52)80-69)74-57-16-4-10-22-65(57)78-66-23-11-5-17-58(66)74)44-26-35-68-60(38-44)75(59-18-6-12-24-67(59)79-68)47-28-32-51-50-31-27-45(39-70(50)81-71(51)41-47)73-55-14-2-8-20-63(55)77-64-21-9-3-15-56(64)73/h1-42H. The van der Waals surface area contributed by atoms with Crippen molar-refractivity contribution in [3.05, 3.63) is 255 Å². The van der Waals surface area contributed by atoms with Gasteiger partial charge in [0.05, 0.1) is 11.0 Å². The van der Waals surface area contributed by atoms with Crippen molar-refractivity contribution < 1.29 is 14.2 Å². The van der Waals surface area contributed by atoms with Gasteiger partial charge in [-0.25, -0.2) is 0 Å². The van der Waals surface area contributed by atoms with Crippen LogP contribution in [0.3, 0.4) is 0 Å². The van der Waals surface area contributed by atoms with Gasteiger partial charge in [0.25, 0.3) is 20.1 Å². The van der Waals surface area contributed by atoms with E-state index in [9.17, 15) is 0 Å². The molecule has 0 bridgehead atoms. The molecule has 0 fully saturated rings. The summed E-state index contributed by atoms with van der Waals surface area (Å²) in [5.74, 6) is 5.50. The first-order valence-corrected chi connectivity index (χ1v) is 29.3. The Hall–Kier alpha value is -9.53. The molecule has 0 N–H and O–H groups in total. The number of rotatable bonds is 5. The largest absolute Gasteiger partial charge is 0.458 e. The summed E-state index contributed by atoms with van der Waals surface area (Å²) in [5, 5.41) is 7.55. The molecule has 9 heteroatoms. The second kappa shape index (κ2) is 17.5. The SMILES string of the molecule is c1ccc2c(c1)Oc1ccccc1B2c1ccc2c(c1)sc1cc(B3c4ccccc4Oc4ccc(-c5ccc6c(c5)c5ccccc5n6-c5ccc6sc7cc(B8c9ccccc9Oc9ccccc98)ccc7c6c5)cc43)ccc12. The molecule has 0 atom stereocenters. The van der Waals surface area contributed by atoms with Gasteiger partial charge in [0.1, 0.15) is 34.5 Å². The minimum Gasteiger partial charge on any atom is -0.458 e. The molecule has 6 heterocycles. The first-order chi connectivity index (χ1) is 40.1. The Morgan fingerprint density at radius 2 is 0.667 bits per heavy atom. The summed E-state index contributed by atoms with van der Waals surface area (Å²) in [6.07, 6.45) is 0. The number of benzene rings is 12. The molecule has 0 saturated carbocycles. The first-order valence-electron chi connectivity index (χ1n) is 27.7. The normalized spacial score (nSPS) is 13.2. The quantitative estimate of drug-likeness (QED) is 0.161. The third-order valence-corrected chi connectivity index (χ3v) is 19.6. The Kier molecular flexibility index (Phi) is 9.79. The van der Waals surface area contributed by atoms with Crippen LogP contribution in [0.1, 0.15) is 0 Å². The van der Waals surface area contributed by atoms with Gasteiger partial charge in [0.15, 0.2) is 0 Å². The maximum Gasteiger partial charge on any atom is 0.251 e. The molecule has 0 aliphatic carbocycles. The van der Waals surface area contributed by atoms with Crippen molar-refractivity contribution in [1.29, 1.82) is 0 Å². The number of hydrogen-bond donors (Lipinski definition) is 0. The number of aromatic nitrogens is 1. The smallest absolute Gasteiger partial charge is 0.251 e. The molecule has 0 saturated heterocycles. The zero-order valence-electron chi connectivity index (χ0n) is 43.5. The molecular formula is C72H42B3NO3S2. The number of nitrogens with zero attached hydrogens (tertiary/aromatic N) is 1. The fourth-order valence-corrected chi connectivity index (χ4v) is 16.1. The van der Waals surface area contributed by atoms with Crippen LogP contribution in [0.2, 0.25) is 0 Å². The molecule has 12 aromatic carbocycles. The van der Waals surface area contributed by atoms with E-state index in [4.69, 9.17) is 14.2 Å². The minimum absolute atomic E-state index is 0.0269. The van der Waals surface area contributed by atoms with E-state index in [0.717, 1.165) is 45.7 Å². The molecule has 3 aliphatic heterocycles. The molecule has 3 aliphatic rings. The fraction of sp³-hybridized carbons (Fsp3) is 0. The van der Waals surface area contributed by atoms with Gasteiger partial charge in [-0.1, -0.05) is 180 Å². The maximum absolute atomic E-state index is 6.75. The van der Waals surface area contributed by atoms with Crippen LogP contribution in [0.15, 0.2) is 255 Å². The average molecular weight is 1070 g/mol. The van der Waals surface area contributed by atoms with Crippen molar-refractivity contribution in [2.75, 3.05) is 0 Å². The first kappa shape index (κ1) is 45.4. The molecular weight excluding hydrogens is 1020 g/mol. The highest BCUT2D eigenvalue weighted by atomic mass is 32.1. The number of ether oxygens (including phenoxy) is 3. The summed E-state index contributed by atoms with van der Waals surface area (Å²) in [7, 11) is 0. The molecule has 3 aromatic heterocycles. The van der Waals surface area contributed by atoms with E-state index in [2.05, 4.69) is 259 Å². The van der Waals surface area contributed by atoms with Crippen LogP contribution in [0.4, 0.5) is 0 Å². The Morgan fingerprint density at radius 1 is 0.259 bits per heavy atom. The van der Waals surface area contributed by atoms with E-state index >= 15 is 0 Å². The molecule has 81 heavy (non-hydrogen) atoms. The predicted octanol–water partition coefficient (Wildman–Crippen LogP) is 13.1. The lowest BCUT2D eigenvalue weighted by atomic mass is 9.35. The van der Waals surface area contributed by atoms with E-state index < -0.39 is 0 Å². The van der Waals surface area contributed by atoms with Crippen molar-refractivity contribution in [3.8, 4) is 51.3 Å². The molecule has 0 spiro atoms. The highest BCUT2D eigenvalue weighted by molar-refractivity contribution is 7.26. The fourth-order valence-electron chi connectivity index (χ4n) is 13.7. The van der Waals surface area contributed by atoms with Gasteiger partial charge in [-0.05, 0) is 135 Å². The number of fused-ring (bicyclic) bond motifs is 15. The van der Waals surface area contributed by atoms with Crippen molar-refractivity contribution in [1.82, 2.24) is 4.57 Å². The zero-order valence-corrected chi connectivity index (χ0v) is 45.1. The van der Waals surface area contributed by atoms with Crippen LogP contribution in [-0.4, -0.2) is 24.7 Å². The zero-order chi connectivity index (χ0) is 52.9. The van der Waals surface area contributed by atoms with Gasteiger partial charge in [0, 0.05) is 56.8 Å². The Bertz CT molecular complexity index is 5080. The van der Waals surface area contributed by atoms with Gasteiger partial charge < -0.3 is 18.8 Å². The van der Waals surface area contributed by atoms with Crippen molar-refractivity contribution >= 4 is 154 Å². The van der Waals surface area contributed by atoms with Crippen LogP contribution in [0.5, 0.6) is 34.5 Å². The highest BCUT2D eigenvalue weighted by Crippen LogP contribution is 2.40. The second-order valence-corrected chi connectivity index (χ2v) is 24.0. The average Bonchev–Trinajstić information content (AvgIpc) is 4.43. The number of para-hydroxylation sites is 6. The van der Waals surface area contributed by atoms with Crippen molar-refractivity contribution in [3.63, 3.8) is 0 Å². The van der Waals surface area contributed by atoms with Gasteiger partial charge in [0.2, 0.25) is 0 Å². The van der Waals surface area contributed by atoms with Crippen LogP contribution < -0.4 is 63.4 Å². The monoisotopic (exact) mass is 1070 g/mol. The van der Waals surface area contributed by atoms with E-state index in [0.29, 0.717) is 0 Å². The summed E-state index contributed by atoms with van der Waals surface area (Å²) in [6.45, 7) is 0.147. The number of thiophene rings is 2. The molecule has 15 aromatic rings. The maximum atomic E-state index is 6.75. The Labute approximate surface area is 475 Å². The molecule has 0 amide bonds. The van der Waals surface area contributed by atoms with E-state index in [1.165, 1.54) is 117 Å². The molecule has 18 rings (SSSR count).